The molecule has 3 heteroatoms. The molecule has 0 aliphatic rings. The largest absolute Gasteiger partial charge is 0.256 e. The highest BCUT2D eigenvalue weighted by molar-refractivity contribution is 7.80. The summed E-state index contributed by atoms with van der Waals surface area (Å²) < 4.78 is 13.5. The molecule has 0 amide bonds. The van der Waals surface area contributed by atoms with Gasteiger partial charge in [0.05, 0.1) is 5.52 Å². The van der Waals surface area contributed by atoms with Crippen LogP contribution in [0, 0.1) is 5.82 Å². The molecule has 0 aliphatic carbocycles. The van der Waals surface area contributed by atoms with E-state index >= 15 is 0 Å². The first-order valence-electron chi connectivity index (χ1n) is 4.63. The van der Waals surface area contributed by atoms with Crippen molar-refractivity contribution in [2.24, 2.45) is 0 Å². The van der Waals surface area contributed by atoms with Crippen molar-refractivity contribution < 1.29 is 4.39 Å². The summed E-state index contributed by atoms with van der Waals surface area (Å²) >= 11 is 4.04. The molecule has 15 heavy (non-hydrogen) atoms. The van der Waals surface area contributed by atoms with E-state index in [-0.39, 0.29) is 5.82 Å². The number of hydrogen-bond acceptors (Lipinski definition) is 2. The Morgan fingerprint density at radius 2 is 2.27 bits per heavy atom. The van der Waals surface area contributed by atoms with E-state index in [9.17, 15) is 4.39 Å². The maximum Gasteiger partial charge on any atom is 0.132 e. The summed E-state index contributed by atoms with van der Waals surface area (Å²) in [4.78, 5) is 4.08. The van der Waals surface area contributed by atoms with E-state index in [1.807, 2.05) is 18.2 Å². The Hall–Kier alpha value is -1.35. The summed E-state index contributed by atoms with van der Waals surface area (Å²) in [6.45, 7) is 0. The standard InChI is InChI=1S/C12H10FNS/c13-11-8-12-10(3-1-5-14-12)7-9(11)4-2-6-15/h1-5,7-8,15H,6H2. The van der Waals surface area contributed by atoms with E-state index in [1.165, 1.54) is 6.07 Å². The SMILES string of the molecule is Fc1cc2ncccc2cc1C=CCS. The molecule has 0 bridgehead atoms. The van der Waals surface area contributed by atoms with Crippen molar-refractivity contribution >= 4 is 29.6 Å². The molecule has 2 aromatic rings. The molecule has 0 saturated carbocycles. The van der Waals surface area contributed by atoms with Crippen LogP contribution >= 0.6 is 12.6 Å². The van der Waals surface area contributed by atoms with Gasteiger partial charge in [-0.05, 0) is 12.1 Å². The summed E-state index contributed by atoms with van der Waals surface area (Å²) in [6.07, 6.45) is 5.20. The number of fused-ring (bicyclic) bond motifs is 1. The van der Waals surface area contributed by atoms with Gasteiger partial charge in [-0.15, -0.1) is 0 Å². The Balaban J connectivity index is 2.57. The van der Waals surface area contributed by atoms with E-state index in [1.54, 1.807) is 18.3 Å². The first-order chi connectivity index (χ1) is 7.31. The van der Waals surface area contributed by atoms with Gasteiger partial charge in [0, 0.05) is 29.0 Å². The highest BCUT2D eigenvalue weighted by Gasteiger charge is 2.01. The lowest BCUT2D eigenvalue weighted by Crippen LogP contribution is -1.85. The number of halogens is 1. The summed E-state index contributed by atoms with van der Waals surface area (Å²) in [6, 6.07) is 7.00. The summed E-state index contributed by atoms with van der Waals surface area (Å²) in [5, 5.41) is 0.942. The van der Waals surface area contributed by atoms with E-state index in [0.717, 1.165) is 5.39 Å². The Labute approximate surface area is 93.1 Å². The number of pyridine rings is 1. The van der Waals surface area contributed by atoms with Gasteiger partial charge in [0.25, 0.3) is 0 Å². The molecule has 0 unspecified atom stereocenters. The van der Waals surface area contributed by atoms with Crippen molar-refractivity contribution in [2.75, 3.05) is 5.75 Å². The lowest BCUT2D eigenvalue weighted by molar-refractivity contribution is 0.626. The number of nitrogens with zero attached hydrogens (tertiary/aromatic N) is 1. The van der Waals surface area contributed by atoms with E-state index in [4.69, 9.17) is 0 Å². The van der Waals surface area contributed by atoms with Crippen LogP contribution in [0.4, 0.5) is 4.39 Å². The molecule has 0 N–H and O–H groups in total. The molecular weight excluding hydrogens is 209 g/mol. The van der Waals surface area contributed by atoms with Gasteiger partial charge < -0.3 is 0 Å². The van der Waals surface area contributed by atoms with Crippen molar-refractivity contribution in [2.45, 2.75) is 0 Å². The lowest BCUT2D eigenvalue weighted by atomic mass is 10.1. The maximum atomic E-state index is 13.5. The first-order valence-corrected chi connectivity index (χ1v) is 5.26. The number of aromatic nitrogens is 1. The third kappa shape index (κ3) is 2.18. The second-order valence-electron chi connectivity index (χ2n) is 3.15. The van der Waals surface area contributed by atoms with Gasteiger partial charge in [0.2, 0.25) is 0 Å². The number of thiol groups is 1. The van der Waals surface area contributed by atoms with Crippen LogP contribution in [-0.4, -0.2) is 10.7 Å². The van der Waals surface area contributed by atoms with Crippen LogP contribution in [0.2, 0.25) is 0 Å². The fraction of sp³-hybridized carbons (Fsp3) is 0.0833. The van der Waals surface area contributed by atoms with Crippen molar-refractivity contribution in [1.82, 2.24) is 4.98 Å². The van der Waals surface area contributed by atoms with Gasteiger partial charge in [-0.1, -0.05) is 18.2 Å². The van der Waals surface area contributed by atoms with Crippen molar-refractivity contribution in [3.05, 3.63) is 47.9 Å². The van der Waals surface area contributed by atoms with E-state index in [2.05, 4.69) is 17.6 Å². The van der Waals surface area contributed by atoms with E-state index in [0.29, 0.717) is 16.8 Å². The van der Waals surface area contributed by atoms with Crippen LogP contribution in [0.1, 0.15) is 5.56 Å². The Bertz CT molecular complexity index is 508. The molecule has 1 aromatic heterocycles. The normalized spacial score (nSPS) is 11.3. The molecule has 0 atom stereocenters. The van der Waals surface area contributed by atoms with Crippen LogP contribution in [0.25, 0.3) is 17.0 Å². The van der Waals surface area contributed by atoms with E-state index < -0.39 is 0 Å². The van der Waals surface area contributed by atoms with Crippen LogP contribution in [0.5, 0.6) is 0 Å². The molecule has 0 radical (unpaired) electrons. The summed E-state index contributed by atoms with van der Waals surface area (Å²) in [5.41, 5.74) is 1.25. The molecule has 1 heterocycles. The third-order valence-electron chi connectivity index (χ3n) is 2.12. The van der Waals surface area contributed by atoms with Gasteiger partial charge in [-0.2, -0.15) is 12.6 Å². The van der Waals surface area contributed by atoms with Crippen LogP contribution in [0.15, 0.2) is 36.5 Å². The fourth-order valence-electron chi connectivity index (χ4n) is 1.42. The highest BCUT2D eigenvalue weighted by Crippen LogP contribution is 2.18. The Morgan fingerprint density at radius 3 is 3.07 bits per heavy atom. The quantitative estimate of drug-likeness (QED) is 0.764. The van der Waals surface area contributed by atoms with Crippen LogP contribution < -0.4 is 0 Å². The lowest BCUT2D eigenvalue weighted by Gasteiger charge is -2.00. The molecule has 0 fully saturated rings. The zero-order valence-electron chi connectivity index (χ0n) is 8.02. The zero-order chi connectivity index (χ0) is 10.7. The molecule has 1 nitrogen and oxygen atoms in total. The van der Waals surface area contributed by atoms with Crippen molar-refractivity contribution in [3.63, 3.8) is 0 Å². The minimum Gasteiger partial charge on any atom is -0.256 e. The topological polar surface area (TPSA) is 12.9 Å². The second-order valence-corrected chi connectivity index (χ2v) is 3.52. The van der Waals surface area contributed by atoms with Gasteiger partial charge >= 0.3 is 0 Å². The zero-order valence-corrected chi connectivity index (χ0v) is 8.92. The van der Waals surface area contributed by atoms with Gasteiger partial charge in [-0.25, -0.2) is 4.39 Å². The van der Waals surface area contributed by atoms with Gasteiger partial charge in [-0.3, -0.25) is 4.98 Å². The summed E-state index contributed by atoms with van der Waals surface area (Å²) in [5.74, 6) is 0.351. The molecule has 2 rings (SSSR count). The van der Waals surface area contributed by atoms with Crippen LogP contribution in [0.3, 0.4) is 0 Å². The third-order valence-corrected chi connectivity index (χ3v) is 2.34. The average Bonchev–Trinajstić information content (AvgIpc) is 2.26. The molecule has 0 saturated heterocycles. The minimum atomic E-state index is -0.251. The molecular formula is C12H10FNS. The summed E-state index contributed by atoms with van der Waals surface area (Å²) in [7, 11) is 0. The second kappa shape index (κ2) is 4.45. The Kier molecular flexibility index (Phi) is 3.02. The minimum absolute atomic E-state index is 0.251. The number of benzene rings is 1. The maximum absolute atomic E-state index is 13.5. The molecule has 0 spiro atoms. The molecule has 0 aliphatic heterocycles. The smallest absolute Gasteiger partial charge is 0.132 e. The fourth-order valence-corrected chi connectivity index (χ4v) is 1.53. The predicted molar refractivity (Wildman–Crippen MR) is 64.6 cm³/mol. The first kappa shape index (κ1) is 10.2. The Morgan fingerprint density at radius 1 is 1.40 bits per heavy atom. The molecule has 76 valence electrons. The number of rotatable bonds is 2. The average molecular weight is 219 g/mol. The monoisotopic (exact) mass is 219 g/mol. The predicted octanol–water partition coefficient (Wildman–Crippen LogP) is 3.32. The molecule has 1 aromatic carbocycles. The van der Waals surface area contributed by atoms with Crippen molar-refractivity contribution in [3.8, 4) is 0 Å². The van der Waals surface area contributed by atoms with Gasteiger partial charge in [0.15, 0.2) is 0 Å². The number of hydrogen-bond donors (Lipinski definition) is 1. The van der Waals surface area contributed by atoms with Crippen molar-refractivity contribution in [1.29, 1.82) is 0 Å². The highest BCUT2D eigenvalue weighted by atomic mass is 32.1. The van der Waals surface area contributed by atoms with Crippen LogP contribution in [-0.2, 0) is 0 Å². The van der Waals surface area contributed by atoms with Gasteiger partial charge in [0.1, 0.15) is 5.82 Å².